The Balaban J connectivity index is 2.21. The van der Waals surface area contributed by atoms with Gasteiger partial charge in [-0.05, 0) is 25.1 Å². The van der Waals surface area contributed by atoms with E-state index in [1.165, 1.54) is 10.9 Å². The molecule has 0 saturated carbocycles. The van der Waals surface area contributed by atoms with Gasteiger partial charge >= 0.3 is 0 Å². The first-order valence-electron chi connectivity index (χ1n) is 6.44. The lowest BCUT2D eigenvalue weighted by atomic mass is 10.2. The highest BCUT2D eigenvalue weighted by molar-refractivity contribution is 6.31. The van der Waals surface area contributed by atoms with Crippen molar-refractivity contribution in [1.29, 1.82) is 0 Å². The van der Waals surface area contributed by atoms with Crippen LogP contribution in [0.2, 0.25) is 5.02 Å². The summed E-state index contributed by atoms with van der Waals surface area (Å²) in [4.78, 5) is 28.3. The van der Waals surface area contributed by atoms with Crippen molar-refractivity contribution < 1.29 is 9.53 Å². The third-order valence-electron chi connectivity index (χ3n) is 2.92. The Kier molecular flexibility index (Phi) is 4.93. The molecule has 0 bridgehead atoms. The van der Waals surface area contributed by atoms with E-state index in [0.29, 0.717) is 22.5 Å². The number of nitrogens with zero attached hydrogens (tertiary/aromatic N) is 2. The average molecular weight is 310 g/mol. The summed E-state index contributed by atoms with van der Waals surface area (Å²) in [6.45, 7) is 2.14. The number of amides is 1. The van der Waals surface area contributed by atoms with Crippen LogP contribution in [-0.2, 0) is 16.1 Å². The first-order valence-corrected chi connectivity index (χ1v) is 6.82. The molecule has 6 nitrogen and oxygen atoms in total. The topological polar surface area (TPSA) is 73.2 Å². The summed E-state index contributed by atoms with van der Waals surface area (Å²) in [5.74, 6) is -0.273. The van der Waals surface area contributed by atoms with E-state index < -0.39 is 0 Å². The monoisotopic (exact) mass is 309 g/mol. The van der Waals surface area contributed by atoms with Gasteiger partial charge in [0.15, 0.2) is 0 Å². The second kappa shape index (κ2) is 6.69. The van der Waals surface area contributed by atoms with E-state index in [4.69, 9.17) is 16.3 Å². The SMILES string of the molecule is COC[C@@H](C)NC(=O)Cn1cnc2ccc(Cl)cc2c1=O. The Morgan fingerprint density at radius 3 is 3.00 bits per heavy atom. The molecule has 0 aliphatic rings. The predicted molar refractivity (Wildman–Crippen MR) is 80.5 cm³/mol. The number of ether oxygens (including phenoxy) is 1. The maximum Gasteiger partial charge on any atom is 0.261 e. The van der Waals surface area contributed by atoms with Crippen LogP contribution in [0.15, 0.2) is 29.3 Å². The summed E-state index contributed by atoms with van der Waals surface area (Å²) in [6.07, 6.45) is 1.36. The Morgan fingerprint density at radius 1 is 1.52 bits per heavy atom. The van der Waals surface area contributed by atoms with E-state index >= 15 is 0 Å². The fraction of sp³-hybridized carbons (Fsp3) is 0.357. The van der Waals surface area contributed by atoms with Crippen molar-refractivity contribution >= 4 is 28.4 Å². The molecule has 0 aliphatic carbocycles. The molecule has 0 unspecified atom stereocenters. The molecule has 0 spiro atoms. The molecule has 0 aliphatic heterocycles. The van der Waals surface area contributed by atoms with E-state index in [9.17, 15) is 9.59 Å². The Bertz CT molecular complexity index is 714. The lowest BCUT2D eigenvalue weighted by molar-refractivity contribution is -0.122. The van der Waals surface area contributed by atoms with Gasteiger partial charge in [-0.1, -0.05) is 11.6 Å². The van der Waals surface area contributed by atoms with Crippen LogP contribution >= 0.6 is 11.6 Å². The van der Waals surface area contributed by atoms with Crippen LogP contribution in [0.5, 0.6) is 0 Å². The minimum atomic E-state index is -0.294. The Labute approximate surface area is 126 Å². The second-order valence-electron chi connectivity index (χ2n) is 4.76. The fourth-order valence-corrected chi connectivity index (χ4v) is 2.18. The summed E-state index contributed by atoms with van der Waals surface area (Å²) in [5.41, 5.74) is 0.255. The first-order chi connectivity index (χ1) is 10.0. The molecule has 0 fully saturated rings. The molecule has 1 N–H and O–H groups in total. The number of hydrogen-bond acceptors (Lipinski definition) is 4. The molecule has 2 rings (SSSR count). The van der Waals surface area contributed by atoms with Gasteiger partial charge in [-0.15, -0.1) is 0 Å². The maximum atomic E-state index is 12.3. The highest BCUT2D eigenvalue weighted by atomic mass is 35.5. The van der Waals surface area contributed by atoms with Crippen molar-refractivity contribution in [1.82, 2.24) is 14.9 Å². The molecule has 0 radical (unpaired) electrons. The van der Waals surface area contributed by atoms with Crippen molar-refractivity contribution in [3.05, 3.63) is 39.9 Å². The van der Waals surface area contributed by atoms with Gasteiger partial charge in [-0.25, -0.2) is 4.98 Å². The number of carbonyl (C=O) groups is 1. The number of methoxy groups -OCH3 is 1. The third-order valence-corrected chi connectivity index (χ3v) is 3.16. The normalized spacial score (nSPS) is 12.3. The summed E-state index contributed by atoms with van der Waals surface area (Å²) in [6, 6.07) is 4.76. The van der Waals surface area contributed by atoms with Crippen LogP contribution < -0.4 is 10.9 Å². The second-order valence-corrected chi connectivity index (χ2v) is 5.20. The summed E-state index contributed by atoms with van der Waals surface area (Å²) < 4.78 is 6.20. The molecule has 2 aromatic rings. The number of benzene rings is 1. The Morgan fingerprint density at radius 2 is 2.29 bits per heavy atom. The van der Waals surface area contributed by atoms with Crippen LogP contribution in [0.3, 0.4) is 0 Å². The lowest BCUT2D eigenvalue weighted by Crippen LogP contribution is -2.39. The molecule has 7 heteroatoms. The molecule has 112 valence electrons. The quantitative estimate of drug-likeness (QED) is 0.901. The number of nitrogens with one attached hydrogen (secondary N) is 1. The molecule has 1 aromatic heterocycles. The van der Waals surface area contributed by atoms with Crippen LogP contribution in [0, 0.1) is 0 Å². The van der Waals surface area contributed by atoms with Gasteiger partial charge in [0.05, 0.1) is 23.8 Å². The van der Waals surface area contributed by atoms with E-state index in [2.05, 4.69) is 10.3 Å². The van der Waals surface area contributed by atoms with Crippen molar-refractivity contribution in [3.8, 4) is 0 Å². The molecule has 21 heavy (non-hydrogen) atoms. The van der Waals surface area contributed by atoms with Gasteiger partial charge in [-0.3, -0.25) is 14.2 Å². The van der Waals surface area contributed by atoms with Crippen LogP contribution in [-0.4, -0.2) is 35.2 Å². The minimum absolute atomic E-state index is 0.0949. The van der Waals surface area contributed by atoms with Crippen molar-refractivity contribution in [3.63, 3.8) is 0 Å². The molecule has 1 aromatic carbocycles. The number of fused-ring (bicyclic) bond motifs is 1. The smallest absolute Gasteiger partial charge is 0.261 e. The predicted octanol–water partition coefficient (Wildman–Crippen LogP) is 1.20. The standard InChI is InChI=1S/C14H16ClN3O3/c1-9(7-21-2)17-13(19)6-18-8-16-12-4-3-10(15)5-11(12)14(18)20/h3-5,8-9H,6-7H2,1-2H3,(H,17,19)/t9-/m1/s1. The molecular weight excluding hydrogens is 294 g/mol. The first kappa shape index (κ1) is 15.5. The highest BCUT2D eigenvalue weighted by Gasteiger charge is 2.10. The Hall–Kier alpha value is -1.92. The van der Waals surface area contributed by atoms with Gasteiger partial charge in [0.1, 0.15) is 6.54 Å². The van der Waals surface area contributed by atoms with Crippen molar-refractivity contribution in [2.75, 3.05) is 13.7 Å². The zero-order chi connectivity index (χ0) is 15.4. The number of aromatic nitrogens is 2. The molecule has 1 heterocycles. The largest absolute Gasteiger partial charge is 0.383 e. The molecule has 0 saturated heterocycles. The van der Waals surface area contributed by atoms with Gasteiger partial charge in [-0.2, -0.15) is 0 Å². The summed E-state index contributed by atoms with van der Waals surface area (Å²) in [7, 11) is 1.56. The zero-order valence-electron chi connectivity index (χ0n) is 11.8. The van der Waals surface area contributed by atoms with Crippen LogP contribution in [0.1, 0.15) is 6.92 Å². The summed E-state index contributed by atoms with van der Waals surface area (Å²) in [5, 5.41) is 3.59. The zero-order valence-corrected chi connectivity index (χ0v) is 12.6. The van der Waals surface area contributed by atoms with Crippen LogP contribution in [0.4, 0.5) is 0 Å². The summed E-state index contributed by atoms with van der Waals surface area (Å²) >= 11 is 5.88. The van der Waals surface area contributed by atoms with E-state index in [1.54, 1.807) is 25.3 Å². The number of halogens is 1. The van der Waals surface area contributed by atoms with Crippen molar-refractivity contribution in [2.45, 2.75) is 19.5 Å². The lowest BCUT2D eigenvalue weighted by Gasteiger charge is -2.13. The molecule has 1 atom stereocenters. The van der Waals surface area contributed by atoms with Crippen LogP contribution in [0.25, 0.3) is 10.9 Å². The third kappa shape index (κ3) is 3.80. The number of hydrogen-bond donors (Lipinski definition) is 1. The molecule has 1 amide bonds. The van der Waals surface area contributed by atoms with E-state index in [0.717, 1.165) is 0 Å². The van der Waals surface area contributed by atoms with Gasteiger partial charge in [0.2, 0.25) is 5.91 Å². The van der Waals surface area contributed by atoms with Gasteiger partial charge in [0.25, 0.3) is 5.56 Å². The number of rotatable bonds is 5. The van der Waals surface area contributed by atoms with Gasteiger partial charge in [0, 0.05) is 18.2 Å². The van der Waals surface area contributed by atoms with E-state index in [1.807, 2.05) is 6.92 Å². The highest BCUT2D eigenvalue weighted by Crippen LogP contribution is 2.13. The van der Waals surface area contributed by atoms with E-state index in [-0.39, 0.29) is 24.1 Å². The van der Waals surface area contributed by atoms with Crippen molar-refractivity contribution in [2.24, 2.45) is 0 Å². The fourth-order valence-electron chi connectivity index (χ4n) is 2.01. The molecular formula is C14H16ClN3O3. The minimum Gasteiger partial charge on any atom is -0.383 e. The number of carbonyl (C=O) groups excluding carboxylic acids is 1. The van der Waals surface area contributed by atoms with Gasteiger partial charge < -0.3 is 10.1 Å². The maximum absolute atomic E-state index is 12.3. The average Bonchev–Trinajstić information content (AvgIpc) is 2.42.